The Morgan fingerprint density at radius 2 is 2.07 bits per heavy atom. The quantitative estimate of drug-likeness (QED) is 0.554. The van der Waals surface area contributed by atoms with Crippen molar-refractivity contribution in [1.29, 1.82) is 0 Å². The van der Waals surface area contributed by atoms with E-state index in [0.29, 0.717) is 23.3 Å². The van der Waals surface area contributed by atoms with Crippen LogP contribution >= 0.6 is 0 Å². The molecule has 2 amide bonds. The van der Waals surface area contributed by atoms with Gasteiger partial charge in [-0.05, 0) is 51.0 Å². The van der Waals surface area contributed by atoms with Gasteiger partial charge in [0.05, 0.1) is 13.4 Å². The Bertz CT molecular complexity index is 816. The molecule has 1 unspecified atom stereocenters. The molecule has 29 heavy (non-hydrogen) atoms. The summed E-state index contributed by atoms with van der Waals surface area (Å²) in [6.07, 6.45) is -0.115. The van der Waals surface area contributed by atoms with Crippen LogP contribution in [0.2, 0.25) is 0 Å². The van der Waals surface area contributed by atoms with Gasteiger partial charge in [0.2, 0.25) is 5.91 Å². The highest BCUT2D eigenvalue weighted by Crippen LogP contribution is 2.30. The number of methoxy groups -OCH3 is 1. The van der Waals surface area contributed by atoms with Crippen LogP contribution in [-0.4, -0.2) is 43.8 Å². The fourth-order valence-corrected chi connectivity index (χ4v) is 2.61. The molecule has 0 aromatic heterocycles. The van der Waals surface area contributed by atoms with E-state index in [4.69, 9.17) is 9.47 Å². The fourth-order valence-electron chi connectivity index (χ4n) is 2.61. The van der Waals surface area contributed by atoms with E-state index in [9.17, 15) is 18.8 Å². The molecule has 1 aromatic rings. The van der Waals surface area contributed by atoms with E-state index < -0.39 is 29.5 Å². The molecule has 0 saturated heterocycles. The van der Waals surface area contributed by atoms with Crippen LogP contribution in [0.3, 0.4) is 0 Å². The molecule has 1 heterocycles. The van der Waals surface area contributed by atoms with Crippen molar-refractivity contribution in [3.05, 3.63) is 35.7 Å². The summed E-state index contributed by atoms with van der Waals surface area (Å²) in [4.78, 5) is 35.4. The average molecular weight is 408 g/mol. The van der Waals surface area contributed by atoms with E-state index in [1.807, 2.05) is 0 Å². The maximum atomic E-state index is 13.1. The highest BCUT2D eigenvalue weighted by molar-refractivity contribution is 6.07. The molecule has 0 saturated carbocycles. The minimum atomic E-state index is -0.929. The zero-order valence-corrected chi connectivity index (χ0v) is 16.8. The molecule has 0 bridgehead atoms. The lowest BCUT2D eigenvalue weighted by Crippen LogP contribution is -2.36. The summed E-state index contributed by atoms with van der Waals surface area (Å²) in [5, 5.41) is 5.11. The predicted molar refractivity (Wildman–Crippen MR) is 103 cm³/mol. The Balaban J connectivity index is 1.95. The second-order valence-electron chi connectivity index (χ2n) is 7.50. The van der Waals surface area contributed by atoms with Crippen LogP contribution in [0.15, 0.2) is 30.1 Å². The van der Waals surface area contributed by atoms with Gasteiger partial charge in [-0.2, -0.15) is 0 Å². The lowest BCUT2D eigenvalue weighted by Gasteiger charge is -2.23. The number of fused-ring (bicyclic) bond motifs is 1. The van der Waals surface area contributed by atoms with Gasteiger partial charge < -0.3 is 24.8 Å². The third kappa shape index (κ3) is 6.48. The first kappa shape index (κ1) is 22.2. The van der Waals surface area contributed by atoms with Gasteiger partial charge in [-0.15, -0.1) is 0 Å². The number of amides is 2. The molecule has 1 aliphatic heterocycles. The van der Waals surface area contributed by atoms with Crippen LogP contribution in [-0.2, 0) is 25.5 Å². The monoisotopic (exact) mass is 408 g/mol. The topological polar surface area (TPSA) is 103 Å². The number of esters is 1. The molecule has 1 aromatic carbocycles. The van der Waals surface area contributed by atoms with Crippen LogP contribution in [0.5, 0.6) is 5.75 Å². The van der Waals surface area contributed by atoms with Crippen molar-refractivity contribution in [3.63, 3.8) is 0 Å². The molecule has 9 heteroatoms. The van der Waals surface area contributed by atoms with E-state index in [2.05, 4.69) is 15.4 Å². The molecule has 0 radical (unpaired) electrons. The number of anilines is 1. The van der Waals surface area contributed by atoms with Crippen molar-refractivity contribution in [3.8, 4) is 5.75 Å². The van der Waals surface area contributed by atoms with Gasteiger partial charge in [0.25, 0.3) is 0 Å². The number of hydrogen-bond acceptors (Lipinski definition) is 6. The zero-order chi connectivity index (χ0) is 21.6. The van der Waals surface area contributed by atoms with Gasteiger partial charge in [-0.3, -0.25) is 9.59 Å². The minimum absolute atomic E-state index is 0.0726. The smallest absolute Gasteiger partial charge is 0.407 e. The molecule has 1 atom stereocenters. The molecular formula is C20H25FN2O6. The highest BCUT2D eigenvalue weighted by atomic mass is 19.1. The van der Waals surface area contributed by atoms with E-state index in [1.54, 1.807) is 39.0 Å². The van der Waals surface area contributed by atoms with Crippen molar-refractivity contribution < 1.29 is 33.0 Å². The van der Waals surface area contributed by atoms with Gasteiger partial charge in [-0.1, -0.05) is 0 Å². The number of rotatable bonds is 6. The molecule has 2 N–H and O–H groups in total. The van der Waals surface area contributed by atoms with Crippen molar-refractivity contribution in [2.45, 2.75) is 32.8 Å². The van der Waals surface area contributed by atoms with E-state index in [1.165, 1.54) is 7.11 Å². The number of nitrogens with one attached hydrogen (secondary N) is 2. The maximum Gasteiger partial charge on any atom is 0.407 e. The molecule has 158 valence electrons. The van der Waals surface area contributed by atoms with Crippen molar-refractivity contribution in [2.24, 2.45) is 5.92 Å². The molecule has 8 nitrogen and oxygen atoms in total. The van der Waals surface area contributed by atoms with E-state index >= 15 is 0 Å². The molecule has 2 rings (SSSR count). The van der Waals surface area contributed by atoms with Crippen LogP contribution < -0.4 is 15.4 Å². The minimum Gasteiger partial charge on any atom is -0.489 e. The van der Waals surface area contributed by atoms with Gasteiger partial charge >= 0.3 is 12.1 Å². The Labute approximate surface area is 168 Å². The maximum absolute atomic E-state index is 13.1. The zero-order valence-electron chi connectivity index (χ0n) is 16.8. The third-order valence-corrected chi connectivity index (χ3v) is 4.00. The number of hydrogen-bond donors (Lipinski definition) is 2. The number of ether oxygens (including phenoxy) is 3. The number of benzene rings is 1. The van der Waals surface area contributed by atoms with Gasteiger partial charge in [-0.25, -0.2) is 9.18 Å². The van der Waals surface area contributed by atoms with E-state index in [0.717, 1.165) is 0 Å². The summed E-state index contributed by atoms with van der Waals surface area (Å²) in [7, 11) is 1.22. The Morgan fingerprint density at radius 3 is 2.69 bits per heavy atom. The second-order valence-corrected chi connectivity index (χ2v) is 7.50. The molecular weight excluding hydrogens is 383 g/mol. The second kappa shape index (κ2) is 9.40. The first-order valence-electron chi connectivity index (χ1n) is 9.02. The number of alkyl carbamates (subject to hydrolysis) is 1. The summed E-state index contributed by atoms with van der Waals surface area (Å²) in [5.41, 5.74) is 0.834. The summed E-state index contributed by atoms with van der Waals surface area (Å²) >= 11 is 0. The Kier molecular flexibility index (Phi) is 7.19. The largest absolute Gasteiger partial charge is 0.489 e. The van der Waals surface area contributed by atoms with E-state index in [-0.39, 0.29) is 25.1 Å². The summed E-state index contributed by atoms with van der Waals surface area (Å²) in [6.45, 7) is 5.01. The van der Waals surface area contributed by atoms with Crippen LogP contribution in [0, 0.1) is 5.92 Å². The summed E-state index contributed by atoms with van der Waals surface area (Å²) in [5.74, 6) is -1.54. The molecule has 0 spiro atoms. The lowest BCUT2D eigenvalue weighted by atomic mass is 9.93. The first-order valence-corrected chi connectivity index (χ1v) is 9.02. The van der Waals surface area contributed by atoms with Crippen molar-refractivity contribution >= 4 is 23.7 Å². The third-order valence-electron chi connectivity index (χ3n) is 4.00. The fraction of sp³-hybridized carbons (Fsp3) is 0.450. The SMILES string of the molecule is COC(=O)C1Cc2cc(OC/C(=C\F)CNC(=O)OC(C)(C)C)ccc2NC1=O. The van der Waals surface area contributed by atoms with Gasteiger partial charge in [0, 0.05) is 17.8 Å². The van der Waals surface area contributed by atoms with Gasteiger partial charge in [0.1, 0.15) is 23.9 Å². The molecule has 0 fully saturated rings. The summed E-state index contributed by atoms with van der Waals surface area (Å²) < 4.78 is 28.4. The number of carbonyl (C=O) groups is 3. The van der Waals surface area contributed by atoms with Crippen LogP contribution in [0.1, 0.15) is 26.3 Å². The van der Waals surface area contributed by atoms with Crippen molar-refractivity contribution in [2.75, 3.05) is 25.6 Å². The predicted octanol–water partition coefficient (Wildman–Crippen LogP) is 2.73. The highest BCUT2D eigenvalue weighted by Gasteiger charge is 2.33. The van der Waals surface area contributed by atoms with Crippen LogP contribution in [0.4, 0.5) is 14.9 Å². The van der Waals surface area contributed by atoms with Gasteiger partial charge in [0.15, 0.2) is 0 Å². The standard InChI is InChI=1S/C20H25FN2O6/c1-20(2,3)29-19(26)22-10-12(9-21)11-28-14-5-6-16-13(7-14)8-15(17(24)23-16)18(25)27-4/h5-7,9,15H,8,10-11H2,1-4H3,(H,22,26)(H,23,24)/b12-9-. The van der Waals surface area contributed by atoms with Crippen molar-refractivity contribution in [1.82, 2.24) is 5.32 Å². The molecule has 1 aliphatic rings. The van der Waals surface area contributed by atoms with Crippen LogP contribution in [0.25, 0.3) is 0 Å². The first-order chi connectivity index (χ1) is 13.6. The summed E-state index contributed by atoms with van der Waals surface area (Å²) in [6, 6.07) is 4.93. The lowest BCUT2D eigenvalue weighted by molar-refractivity contribution is -0.148. The average Bonchev–Trinajstić information content (AvgIpc) is 2.65. The number of carbonyl (C=O) groups excluding carboxylic acids is 3. The Morgan fingerprint density at radius 1 is 1.34 bits per heavy atom. The molecule has 0 aliphatic carbocycles. The normalized spacial score (nSPS) is 16.4. The Hall–Kier alpha value is -3.10. The number of halogens is 1.